The topological polar surface area (TPSA) is 106 Å². The second-order valence-electron chi connectivity index (χ2n) is 6.02. The van der Waals surface area contributed by atoms with E-state index >= 15 is 0 Å². The van der Waals surface area contributed by atoms with Crippen LogP contribution in [0.3, 0.4) is 0 Å². The minimum atomic E-state index is -0.458. The highest BCUT2D eigenvalue weighted by Gasteiger charge is 2.43. The molecule has 1 aliphatic carbocycles. The van der Waals surface area contributed by atoms with Crippen LogP contribution in [0.25, 0.3) is 11.0 Å². The Bertz CT molecular complexity index is 800. The van der Waals surface area contributed by atoms with E-state index in [2.05, 4.69) is 15.0 Å². The highest BCUT2D eigenvalue weighted by molar-refractivity contribution is 6.09. The Labute approximate surface area is 134 Å². The molecule has 7 nitrogen and oxygen atoms in total. The van der Waals surface area contributed by atoms with Crippen LogP contribution < -0.4 is 16.4 Å². The number of aliphatic imine (C=N–C) groups is 2. The lowest BCUT2D eigenvalue weighted by Gasteiger charge is -2.45. The fraction of sp³-hybridized carbons (Fsp3) is 0.375. The summed E-state index contributed by atoms with van der Waals surface area (Å²) < 4.78 is 0. The van der Waals surface area contributed by atoms with Crippen LogP contribution in [0.15, 0.2) is 40.6 Å². The maximum absolute atomic E-state index is 6.26. The second-order valence-corrected chi connectivity index (χ2v) is 6.02. The van der Waals surface area contributed by atoms with Crippen LogP contribution in [0, 0.1) is 0 Å². The molecule has 0 saturated heterocycles. The third-order valence-corrected chi connectivity index (χ3v) is 4.57. The van der Waals surface area contributed by atoms with Crippen molar-refractivity contribution in [3.05, 3.63) is 30.6 Å². The molecule has 23 heavy (non-hydrogen) atoms. The van der Waals surface area contributed by atoms with Crippen molar-refractivity contribution in [3.63, 3.8) is 0 Å². The van der Waals surface area contributed by atoms with Crippen molar-refractivity contribution >= 4 is 28.6 Å². The van der Waals surface area contributed by atoms with E-state index in [9.17, 15) is 0 Å². The van der Waals surface area contributed by atoms with Gasteiger partial charge in [0, 0.05) is 12.4 Å². The second kappa shape index (κ2) is 5.19. The Balaban J connectivity index is 1.92. The fourth-order valence-corrected chi connectivity index (χ4v) is 3.63. The molecule has 0 atom stereocenters. The lowest BCUT2D eigenvalue weighted by Crippen LogP contribution is -2.58. The number of hydrogen-bond acceptors (Lipinski definition) is 7. The first-order valence-electron chi connectivity index (χ1n) is 7.89. The van der Waals surface area contributed by atoms with Crippen LogP contribution in [0.1, 0.15) is 32.1 Å². The molecular weight excluding hydrogens is 290 g/mol. The van der Waals surface area contributed by atoms with Gasteiger partial charge in [0.25, 0.3) is 0 Å². The van der Waals surface area contributed by atoms with Crippen molar-refractivity contribution in [1.82, 2.24) is 9.97 Å². The summed E-state index contributed by atoms with van der Waals surface area (Å²) in [6.07, 6.45) is 8.58. The first kappa shape index (κ1) is 13.9. The van der Waals surface area contributed by atoms with Gasteiger partial charge in [-0.3, -0.25) is 14.9 Å². The minimum absolute atomic E-state index is 0.256. The van der Waals surface area contributed by atoms with E-state index in [0.717, 1.165) is 42.4 Å². The van der Waals surface area contributed by atoms with Crippen molar-refractivity contribution in [1.29, 1.82) is 0 Å². The molecule has 4 N–H and O–H groups in total. The molecule has 1 saturated carbocycles. The SMILES string of the molecule is NC1=NC2(CCCCC2)N(c2cccc3nccnc23)C(N)=N1. The molecule has 7 heteroatoms. The van der Waals surface area contributed by atoms with Gasteiger partial charge in [-0.2, -0.15) is 4.99 Å². The number of fused-ring (bicyclic) bond motifs is 1. The van der Waals surface area contributed by atoms with E-state index in [1.165, 1.54) is 6.42 Å². The molecule has 1 fully saturated rings. The molecule has 4 rings (SSSR count). The maximum atomic E-state index is 6.26. The first-order chi connectivity index (χ1) is 11.2. The molecule has 2 heterocycles. The number of nitrogens with zero attached hydrogens (tertiary/aromatic N) is 5. The van der Waals surface area contributed by atoms with Gasteiger partial charge in [0.2, 0.25) is 11.9 Å². The number of aromatic nitrogens is 2. The van der Waals surface area contributed by atoms with Gasteiger partial charge < -0.3 is 11.5 Å². The smallest absolute Gasteiger partial charge is 0.220 e. The molecule has 0 radical (unpaired) electrons. The third kappa shape index (κ3) is 2.19. The molecule has 0 bridgehead atoms. The predicted octanol–water partition coefficient (Wildman–Crippen LogP) is 1.74. The Hall–Kier alpha value is -2.70. The van der Waals surface area contributed by atoms with Gasteiger partial charge in [-0.05, 0) is 37.8 Å². The summed E-state index contributed by atoms with van der Waals surface area (Å²) in [6.45, 7) is 0. The summed E-state index contributed by atoms with van der Waals surface area (Å²) in [5.74, 6) is 0.629. The average molecular weight is 309 g/mol. The summed E-state index contributed by atoms with van der Waals surface area (Å²) >= 11 is 0. The highest BCUT2D eigenvalue weighted by Crippen LogP contribution is 2.40. The largest absolute Gasteiger partial charge is 0.369 e. The molecule has 1 aromatic carbocycles. The Morgan fingerprint density at radius 1 is 1.00 bits per heavy atom. The first-order valence-corrected chi connectivity index (χ1v) is 7.89. The molecule has 118 valence electrons. The van der Waals surface area contributed by atoms with Crippen LogP contribution in [0.4, 0.5) is 5.69 Å². The van der Waals surface area contributed by atoms with Crippen molar-refractivity contribution < 1.29 is 0 Å². The molecule has 2 aromatic rings. The Morgan fingerprint density at radius 2 is 1.78 bits per heavy atom. The molecule has 0 unspecified atom stereocenters. The number of benzene rings is 1. The molecule has 2 aliphatic rings. The van der Waals surface area contributed by atoms with Gasteiger partial charge in [-0.15, -0.1) is 0 Å². The van der Waals surface area contributed by atoms with Crippen LogP contribution >= 0.6 is 0 Å². The van der Waals surface area contributed by atoms with Crippen LogP contribution in [-0.2, 0) is 0 Å². The van der Waals surface area contributed by atoms with Gasteiger partial charge in [-0.1, -0.05) is 12.5 Å². The summed E-state index contributed by atoms with van der Waals surface area (Å²) in [5, 5.41) is 0. The molecule has 1 spiro atoms. The molecule has 1 aliphatic heterocycles. The van der Waals surface area contributed by atoms with E-state index in [1.54, 1.807) is 12.4 Å². The molecular formula is C16H19N7. The maximum Gasteiger partial charge on any atom is 0.220 e. The van der Waals surface area contributed by atoms with Gasteiger partial charge in [0.05, 0.1) is 11.2 Å². The van der Waals surface area contributed by atoms with Crippen LogP contribution in [0.5, 0.6) is 0 Å². The Kier molecular flexibility index (Phi) is 3.14. The van der Waals surface area contributed by atoms with Crippen molar-refractivity contribution in [3.8, 4) is 0 Å². The van der Waals surface area contributed by atoms with Crippen molar-refractivity contribution in [2.24, 2.45) is 21.5 Å². The summed E-state index contributed by atoms with van der Waals surface area (Å²) in [6, 6.07) is 5.89. The number of rotatable bonds is 1. The zero-order chi connectivity index (χ0) is 15.9. The zero-order valence-electron chi connectivity index (χ0n) is 12.8. The number of para-hydroxylation sites is 1. The highest BCUT2D eigenvalue weighted by atomic mass is 15.4. The van der Waals surface area contributed by atoms with Gasteiger partial charge >= 0.3 is 0 Å². The quantitative estimate of drug-likeness (QED) is 0.834. The number of nitrogens with two attached hydrogens (primary N) is 2. The monoisotopic (exact) mass is 309 g/mol. The van der Waals surface area contributed by atoms with Crippen LogP contribution in [-0.4, -0.2) is 27.5 Å². The van der Waals surface area contributed by atoms with E-state index in [-0.39, 0.29) is 5.96 Å². The number of hydrogen-bond donors (Lipinski definition) is 2. The minimum Gasteiger partial charge on any atom is -0.369 e. The molecule has 1 aromatic heterocycles. The average Bonchev–Trinajstić information content (AvgIpc) is 2.55. The van der Waals surface area contributed by atoms with Gasteiger partial charge in [-0.25, -0.2) is 4.99 Å². The van der Waals surface area contributed by atoms with Crippen molar-refractivity contribution in [2.45, 2.75) is 37.8 Å². The number of anilines is 1. The predicted molar refractivity (Wildman–Crippen MR) is 91.1 cm³/mol. The lowest BCUT2D eigenvalue weighted by molar-refractivity contribution is 0.306. The third-order valence-electron chi connectivity index (χ3n) is 4.57. The van der Waals surface area contributed by atoms with E-state index in [4.69, 9.17) is 16.5 Å². The van der Waals surface area contributed by atoms with E-state index in [0.29, 0.717) is 5.96 Å². The van der Waals surface area contributed by atoms with Gasteiger partial charge in [0.1, 0.15) is 11.2 Å². The summed E-state index contributed by atoms with van der Waals surface area (Å²) in [7, 11) is 0. The van der Waals surface area contributed by atoms with Gasteiger partial charge in [0.15, 0.2) is 0 Å². The fourth-order valence-electron chi connectivity index (χ4n) is 3.63. The van der Waals surface area contributed by atoms with Crippen LogP contribution in [0.2, 0.25) is 0 Å². The van der Waals surface area contributed by atoms with E-state index < -0.39 is 5.66 Å². The Morgan fingerprint density at radius 3 is 2.61 bits per heavy atom. The van der Waals surface area contributed by atoms with E-state index in [1.807, 2.05) is 23.1 Å². The number of guanidine groups is 2. The molecule has 0 amide bonds. The summed E-state index contributed by atoms with van der Waals surface area (Å²) in [4.78, 5) is 19.8. The van der Waals surface area contributed by atoms with Crippen molar-refractivity contribution in [2.75, 3.05) is 4.90 Å². The summed E-state index contributed by atoms with van der Waals surface area (Å²) in [5.41, 5.74) is 14.2. The standard InChI is InChI=1S/C16H19N7/c17-14-21-15(18)23(16(22-14)7-2-1-3-8-16)12-6-4-5-11-13(12)20-10-9-19-11/h4-6,9-10H,1-3,7-8H2,(H4,17,18,21,22). The normalized spacial score (nSPS) is 20.4. The lowest BCUT2D eigenvalue weighted by atomic mass is 9.87. The zero-order valence-corrected chi connectivity index (χ0v) is 12.8.